The predicted octanol–water partition coefficient (Wildman–Crippen LogP) is 2.58. The zero-order chi connectivity index (χ0) is 13.5. The highest BCUT2D eigenvalue weighted by Gasteiger charge is 2.06. The molecule has 0 aliphatic heterocycles. The van der Waals surface area contributed by atoms with Crippen molar-refractivity contribution in [2.45, 2.75) is 26.9 Å². The fourth-order valence-electron chi connectivity index (χ4n) is 1.51. The highest BCUT2D eigenvalue weighted by Crippen LogP contribution is 2.15. The lowest BCUT2D eigenvalue weighted by atomic mass is 10.2. The van der Waals surface area contributed by atoms with Crippen LogP contribution in [0.4, 0.5) is 10.1 Å². The zero-order valence-corrected chi connectivity index (χ0v) is 11.2. The van der Waals surface area contributed by atoms with Gasteiger partial charge < -0.3 is 15.2 Å². The molecule has 0 saturated heterocycles. The Balaban J connectivity index is 2.33. The summed E-state index contributed by atoms with van der Waals surface area (Å²) in [5.41, 5.74) is 1.66. The van der Waals surface area contributed by atoms with Crippen LogP contribution in [0.3, 0.4) is 0 Å². The minimum atomic E-state index is -0.591. The Hall–Kier alpha value is -1.13. The van der Waals surface area contributed by atoms with Crippen molar-refractivity contribution in [3.05, 3.63) is 29.6 Å². The van der Waals surface area contributed by atoms with Crippen molar-refractivity contribution >= 4 is 5.69 Å². The van der Waals surface area contributed by atoms with Crippen molar-refractivity contribution in [1.29, 1.82) is 0 Å². The maximum Gasteiger partial charge on any atom is 0.125 e. The number of rotatable bonds is 7. The third-order valence-corrected chi connectivity index (χ3v) is 2.49. The van der Waals surface area contributed by atoms with Gasteiger partial charge in [-0.05, 0) is 30.5 Å². The fraction of sp³-hybridized carbons (Fsp3) is 0.571. The molecule has 102 valence electrons. The summed E-state index contributed by atoms with van der Waals surface area (Å²) in [6.07, 6.45) is -0.591. The van der Waals surface area contributed by atoms with Gasteiger partial charge in [0.25, 0.3) is 0 Å². The van der Waals surface area contributed by atoms with Gasteiger partial charge in [0.05, 0.1) is 12.7 Å². The van der Waals surface area contributed by atoms with E-state index in [-0.39, 0.29) is 5.82 Å². The van der Waals surface area contributed by atoms with E-state index in [0.29, 0.717) is 31.4 Å². The van der Waals surface area contributed by atoms with E-state index in [4.69, 9.17) is 4.74 Å². The van der Waals surface area contributed by atoms with Crippen LogP contribution in [0.15, 0.2) is 18.2 Å². The molecule has 2 N–H and O–H groups in total. The SMILES string of the molecule is Cc1ccc(F)cc1NCC(O)COCC(C)C. The number of benzene rings is 1. The predicted molar refractivity (Wildman–Crippen MR) is 71.3 cm³/mol. The average Bonchev–Trinajstić information content (AvgIpc) is 2.30. The van der Waals surface area contributed by atoms with E-state index in [0.717, 1.165) is 5.56 Å². The van der Waals surface area contributed by atoms with Crippen LogP contribution in [0.2, 0.25) is 0 Å². The van der Waals surface area contributed by atoms with E-state index >= 15 is 0 Å². The first kappa shape index (κ1) is 14.9. The molecule has 0 aromatic heterocycles. The van der Waals surface area contributed by atoms with Crippen molar-refractivity contribution in [3.63, 3.8) is 0 Å². The van der Waals surface area contributed by atoms with E-state index in [1.807, 2.05) is 6.92 Å². The van der Waals surface area contributed by atoms with Gasteiger partial charge in [0.15, 0.2) is 0 Å². The normalized spacial score (nSPS) is 12.8. The molecule has 0 radical (unpaired) electrons. The van der Waals surface area contributed by atoms with Gasteiger partial charge in [-0.15, -0.1) is 0 Å². The number of halogens is 1. The molecule has 1 rings (SSSR count). The Labute approximate surface area is 108 Å². The van der Waals surface area contributed by atoms with Crippen LogP contribution >= 0.6 is 0 Å². The van der Waals surface area contributed by atoms with Gasteiger partial charge in [-0.2, -0.15) is 0 Å². The summed E-state index contributed by atoms with van der Waals surface area (Å²) in [7, 11) is 0. The van der Waals surface area contributed by atoms with Crippen molar-refractivity contribution in [2.24, 2.45) is 5.92 Å². The Bertz CT molecular complexity index is 369. The van der Waals surface area contributed by atoms with Gasteiger partial charge in [-0.3, -0.25) is 0 Å². The number of anilines is 1. The maximum atomic E-state index is 13.0. The highest BCUT2D eigenvalue weighted by molar-refractivity contribution is 5.50. The van der Waals surface area contributed by atoms with Crippen molar-refractivity contribution in [2.75, 3.05) is 25.1 Å². The van der Waals surface area contributed by atoms with Crippen LogP contribution in [0.1, 0.15) is 19.4 Å². The molecule has 18 heavy (non-hydrogen) atoms. The molecule has 1 unspecified atom stereocenters. The third kappa shape index (κ3) is 5.47. The Kier molecular flexibility index (Phi) is 6.09. The molecule has 1 aromatic carbocycles. The minimum absolute atomic E-state index is 0.284. The Morgan fingerprint density at radius 2 is 2.06 bits per heavy atom. The molecule has 0 aliphatic rings. The number of hydrogen-bond donors (Lipinski definition) is 2. The lowest BCUT2D eigenvalue weighted by Gasteiger charge is -2.15. The first-order chi connectivity index (χ1) is 8.49. The van der Waals surface area contributed by atoms with Gasteiger partial charge in [0.2, 0.25) is 0 Å². The van der Waals surface area contributed by atoms with Gasteiger partial charge >= 0.3 is 0 Å². The molecule has 0 heterocycles. The number of aryl methyl sites for hydroxylation is 1. The molecular weight excluding hydrogens is 233 g/mol. The summed E-state index contributed by atoms with van der Waals surface area (Å²) < 4.78 is 18.4. The van der Waals surface area contributed by atoms with Crippen LogP contribution in [0, 0.1) is 18.7 Å². The smallest absolute Gasteiger partial charge is 0.125 e. The van der Waals surface area contributed by atoms with E-state index < -0.39 is 6.10 Å². The number of aliphatic hydroxyl groups is 1. The monoisotopic (exact) mass is 255 g/mol. The Morgan fingerprint density at radius 1 is 1.33 bits per heavy atom. The van der Waals surface area contributed by atoms with Crippen LogP contribution in [-0.2, 0) is 4.74 Å². The summed E-state index contributed by atoms with van der Waals surface area (Å²) in [6.45, 7) is 7.28. The van der Waals surface area contributed by atoms with Crippen LogP contribution in [0.5, 0.6) is 0 Å². The first-order valence-corrected chi connectivity index (χ1v) is 6.25. The molecule has 0 saturated carbocycles. The second-order valence-electron chi connectivity index (χ2n) is 4.93. The molecule has 0 fully saturated rings. The molecule has 3 nitrogen and oxygen atoms in total. The summed E-state index contributed by atoms with van der Waals surface area (Å²) in [5, 5.41) is 12.7. The maximum absolute atomic E-state index is 13.0. The molecular formula is C14H22FNO2. The van der Waals surface area contributed by atoms with Crippen LogP contribution in [0.25, 0.3) is 0 Å². The highest BCUT2D eigenvalue weighted by atomic mass is 19.1. The zero-order valence-electron chi connectivity index (χ0n) is 11.2. The second-order valence-corrected chi connectivity index (χ2v) is 4.93. The summed E-state index contributed by atoms with van der Waals surface area (Å²) in [4.78, 5) is 0. The quantitative estimate of drug-likeness (QED) is 0.787. The fourth-order valence-corrected chi connectivity index (χ4v) is 1.51. The molecule has 0 amide bonds. The number of hydrogen-bond acceptors (Lipinski definition) is 3. The van der Waals surface area contributed by atoms with E-state index in [1.54, 1.807) is 6.07 Å². The summed E-state index contributed by atoms with van der Waals surface area (Å²) in [6, 6.07) is 4.55. The lowest BCUT2D eigenvalue weighted by Crippen LogP contribution is -2.26. The first-order valence-electron chi connectivity index (χ1n) is 6.25. The van der Waals surface area contributed by atoms with Crippen molar-refractivity contribution in [1.82, 2.24) is 0 Å². The summed E-state index contributed by atoms with van der Waals surface area (Å²) in [5.74, 6) is 0.171. The van der Waals surface area contributed by atoms with Crippen molar-refractivity contribution < 1.29 is 14.2 Å². The summed E-state index contributed by atoms with van der Waals surface area (Å²) >= 11 is 0. The number of aliphatic hydroxyl groups excluding tert-OH is 1. The molecule has 1 atom stereocenters. The molecule has 0 aliphatic carbocycles. The molecule has 1 aromatic rings. The number of ether oxygens (including phenoxy) is 1. The van der Waals surface area contributed by atoms with Gasteiger partial charge in [-0.1, -0.05) is 19.9 Å². The van der Waals surface area contributed by atoms with E-state index in [2.05, 4.69) is 19.2 Å². The Morgan fingerprint density at radius 3 is 2.72 bits per heavy atom. The lowest BCUT2D eigenvalue weighted by molar-refractivity contribution is 0.0318. The van der Waals surface area contributed by atoms with Crippen molar-refractivity contribution in [3.8, 4) is 0 Å². The van der Waals surface area contributed by atoms with Gasteiger partial charge in [0, 0.05) is 18.8 Å². The minimum Gasteiger partial charge on any atom is -0.389 e. The molecule has 0 bridgehead atoms. The molecule has 0 spiro atoms. The second kappa shape index (κ2) is 7.34. The topological polar surface area (TPSA) is 41.5 Å². The average molecular weight is 255 g/mol. The van der Waals surface area contributed by atoms with E-state index in [9.17, 15) is 9.50 Å². The van der Waals surface area contributed by atoms with Gasteiger partial charge in [0.1, 0.15) is 5.82 Å². The largest absolute Gasteiger partial charge is 0.389 e. The van der Waals surface area contributed by atoms with Crippen LogP contribution in [-0.4, -0.2) is 31.0 Å². The third-order valence-electron chi connectivity index (χ3n) is 2.49. The van der Waals surface area contributed by atoms with E-state index in [1.165, 1.54) is 12.1 Å². The number of nitrogens with one attached hydrogen (secondary N) is 1. The van der Waals surface area contributed by atoms with Crippen LogP contribution < -0.4 is 5.32 Å². The molecule has 4 heteroatoms. The standard InChI is InChI=1S/C14H22FNO2/c1-10(2)8-18-9-13(17)7-16-14-6-12(15)5-4-11(14)3/h4-6,10,13,16-17H,7-9H2,1-3H3. The van der Waals surface area contributed by atoms with Gasteiger partial charge in [-0.25, -0.2) is 4.39 Å².